The Balaban J connectivity index is 2.35. The first-order chi connectivity index (χ1) is 9.89. The summed E-state index contributed by atoms with van der Waals surface area (Å²) in [5.74, 6) is 0. The highest BCUT2D eigenvalue weighted by Crippen LogP contribution is 2.54. The number of benzene rings is 2. The van der Waals surface area contributed by atoms with Crippen LogP contribution in [0.25, 0.3) is 17.2 Å². The molecule has 1 N–H and O–H groups in total. The molecule has 0 heterocycles. The lowest BCUT2D eigenvalue weighted by molar-refractivity contribution is -0.246. The van der Waals surface area contributed by atoms with Crippen LogP contribution in [0, 0.1) is 0 Å². The van der Waals surface area contributed by atoms with Gasteiger partial charge in [-0.1, -0.05) is 48.6 Å². The number of rotatable bonds is 1. The van der Waals surface area contributed by atoms with Gasteiger partial charge in [-0.3, -0.25) is 0 Å². The third-order valence-corrected chi connectivity index (χ3v) is 3.81. The van der Waals surface area contributed by atoms with Gasteiger partial charge in [0.15, 0.2) is 0 Å². The first-order valence-corrected chi connectivity index (χ1v) is 6.56. The molecule has 1 aliphatic rings. The molecule has 0 bridgehead atoms. The van der Waals surface area contributed by atoms with Crippen LogP contribution in [0.4, 0.5) is 13.2 Å². The summed E-state index contributed by atoms with van der Waals surface area (Å²) in [5.41, 5.74) is -1.67. The second-order valence-electron chi connectivity index (χ2n) is 5.06. The predicted molar refractivity (Wildman–Crippen MR) is 75.6 cm³/mol. The molecule has 0 fully saturated rings. The van der Waals surface area contributed by atoms with Gasteiger partial charge < -0.3 is 5.11 Å². The maximum atomic E-state index is 13.6. The highest BCUT2D eigenvalue weighted by molar-refractivity contribution is 5.81. The quantitative estimate of drug-likeness (QED) is 0.820. The molecule has 1 aliphatic carbocycles. The SMILES string of the molecule is CC=Cc1ccc2c(c1)C(O)(C(F)(F)F)c1ccccc1-2. The van der Waals surface area contributed by atoms with Crippen molar-refractivity contribution in [1.82, 2.24) is 0 Å². The second kappa shape index (κ2) is 4.46. The van der Waals surface area contributed by atoms with Gasteiger partial charge >= 0.3 is 6.18 Å². The maximum Gasteiger partial charge on any atom is 0.425 e. The van der Waals surface area contributed by atoms with E-state index in [2.05, 4.69) is 0 Å². The zero-order valence-corrected chi connectivity index (χ0v) is 11.3. The number of alkyl halides is 3. The van der Waals surface area contributed by atoms with E-state index in [1.165, 1.54) is 18.2 Å². The third-order valence-electron chi connectivity index (χ3n) is 3.81. The van der Waals surface area contributed by atoms with Gasteiger partial charge in [0.05, 0.1) is 0 Å². The van der Waals surface area contributed by atoms with Crippen LogP contribution >= 0.6 is 0 Å². The van der Waals surface area contributed by atoms with E-state index in [-0.39, 0.29) is 11.1 Å². The molecule has 2 aromatic carbocycles. The molecular formula is C17H13F3O. The van der Waals surface area contributed by atoms with E-state index in [1.807, 2.05) is 0 Å². The van der Waals surface area contributed by atoms with Crippen molar-refractivity contribution in [2.75, 3.05) is 0 Å². The summed E-state index contributed by atoms with van der Waals surface area (Å²) in [6, 6.07) is 10.9. The lowest BCUT2D eigenvalue weighted by atomic mass is 9.90. The molecule has 0 aliphatic heterocycles. The number of aliphatic hydroxyl groups is 1. The third kappa shape index (κ3) is 1.83. The average molecular weight is 290 g/mol. The average Bonchev–Trinajstić information content (AvgIpc) is 2.70. The van der Waals surface area contributed by atoms with Gasteiger partial charge in [-0.25, -0.2) is 0 Å². The summed E-state index contributed by atoms with van der Waals surface area (Å²) in [7, 11) is 0. The Kier molecular flexibility index (Phi) is 2.95. The Labute approximate surface area is 120 Å². The fourth-order valence-corrected chi connectivity index (χ4v) is 2.88. The minimum absolute atomic E-state index is 0.105. The Morgan fingerprint density at radius 3 is 2.33 bits per heavy atom. The summed E-state index contributed by atoms with van der Waals surface area (Å²) in [6.45, 7) is 1.79. The molecule has 0 saturated heterocycles. The Hall–Kier alpha value is -2.07. The maximum absolute atomic E-state index is 13.6. The van der Waals surface area contributed by atoms with Crippen LogP contribution in [0.15, 0.2) is 48.5 Å². The van der Waals surface area contributed by atoms with Gasteiger partial charge in [-0.05, 0) is 29.7 Å². The zero-order valence-electron chi connectivity index (χ0n) is 11.3. The molecular weight excluding hydrogens is 277 g/mol. The van der Waals surface area contributed by atoms with Gasteiger partial charge in [0.1, 0.15) is 0 Å². The van der Waals surface area contributed by atoms with Gasteiger partial charge in [-0.15, -0.1) is 0 Å². The van der Waals surface area contributed by atoms with E-state index in [4.69, 9.17) is 0 Å². The Morgan fingerprint density at radius 2 is 1.67 bits per heavy atom. The fraction of sp³-hybridized carbons (Fsp3) is 0.176. The molecule has 1 atom stereocenters. The van der Waals surface area contributed by atoms with Crippen molar-refractivity contribution in [2.45, 2.75) is 18.7 Å². The number of fused-ring (bicyclic) bond motifs is 3. The molecule has 0 saturated carbocycles. The van der Waals surface area contributed by atoms with E-state index in [0.29, 0.717) is 16.7 Å². The highest BCUT2D eigenvalue weighted by atomic mass is 19.4. The van der Waals surface area contributed by atoms with Crippen LogP contribution in [0.3, 0.4) is 0 Å². The molecule has 4 heteroatoms. The normalized spacial score (nSPS) is 20.6. The van der Waals surface area contributed by atoms with Gasteiger partial charge in [0.25, 0.3) is 0 Å². The number of hydrogen-bond donors (Lipinski definition) is 1. The van der Waals surface area contributed by atoms with E-state index in [0.717, 1.165) is 0 Å². The van der Waals surface area contributed by atoms with Gasteiger partial charge in [-0.2, -0.15) is 13.2 Å². The monoisotopic (exact) mass is 290 g/mol. The summed E-state index contributed by atoms with van der Waals surface area (Å²) in [4.78, 5) is 0. The lowest BCUT2D eigenvalue weighted by Crippen LogP contribution is -2.41. The highest BCUT2D eigenvalue weighted by Gasteiger charge is 2.60. The summed E-state index contributed by atoms with van der Waals surface area (Å²) < 4.78 is 40.7. The van der Waals surface area contributed by atoms with Crippen LogP contribution in [0.1, 0.15) is 23.6 Å². The topological polar surface area (TPSA) is 20.2 Å². The molecule has 1 unspecified atom stereocenters. The largest absolute Gasteiger partial charge is 0.425 e. The Bertz CT molecular complexity index is 731. The first-order valence-electron chi connectivity index (χ1n) is 6.56. The smallest absolute Gasteiger partial charge is 0.372 e. The number of hydrogen-bond acceptors (Lipinski definition) is 1. The minimum atomic E-state index is -4.77. The van der Waals surface area contributed by atoms with Crippen LogP contribution < -0.4 is 0 Å². The second-order valence-corrected chi connectivity index (χ2v) is 5.06. The van der Waals surface area contributed by atoms with Crippen molar-refractivity contribution < 1.29 is 18.3 Å². The molecule has 2 aromatic rings. The van der Waals surface area contributed by atoms with Gasteiger partial charge in [0, 0.05) is 11.1 Å². The van der Waals surface area contributed by atoms with Crippen LogP contribution in [0.2, 0.25) is 0 Å². The summed E-state index contributed by atoms with van der Waals surface area (Å²) in [5, 5.41) is 10.5. The molecule has 21 heavy (non-hydrogen) atoms. The lowest BCUT2D eigenvalue weighted by Gasteiger charge is -2.28. The van der Waals surface area contributed by atoms with E-state index < -0.39 is 11.8 Å². The van der Waals surface area contributed by atoms with E-state index >= 15 is 0 Å². The fourth-order valence-electron chi connectivity index (χ4n) is 2.88. The molecule has 0 amide bonds. The number of allylic oxidation sites excluding steroid dienone is 1. The molecule has 0 spiro atoms. The minimum Gasteiger partial charge on any atom is -0.372 e. The molecule has 108 valence electrons. The van der Waals surface area contributed by atoms with Crippen LogP contribution in [0.5, 0.6) is 0 Å². The standard InChI is InChI=1S/C17H13F3O/c1-2-5-11-8-9-13-12-6-3-4-7-14(12)16(21,15(13)10-11)17(18,19)20/h2-10,21H,1H3. The van der Waals surface area contributed by atoms with Crippen molar-refractivity contribution in [1.29, 1.82) is 0 Å². The molecule has 1 nitrogen and oxygen atoms in total. The van der Waals surface area contributed by atoms with Crippen molar-refractivity contribution in [3.8, 4) is 11.1 Å². The zero-order chi connectivity index (χ0) is 15.3. The van der Waals surface area contributed by atoms with Crippen molar-refractivity contribution >= 4 is 6.08 Å². The van der Waals surface area contributed by atoms with E-state index in [1.54, 1.807) is 43.3 Å². The van der Waals surface area contributed by atoms with Crippen molar-refractivity contribution in [2.24, 2.45) is 0 Å². The Morgan fingerprint density at radius 1 is 1.00 bits per heavy atom. The van der Waals surface area contributed by atoms with Gasteiger partial charge in [0.2, 0.25) is 5.60 Å². The van der Waals surface area contributed by atoms with Crippen LogP contribution in [-0.2, 0) is 5.60 Å². The van der Waals surface area contributed by atoms with Crippen molar-refractivity contribution in [3.63, 3.8) is 0 Å². The van der Waals surface area contributed by atoms with Crippen LogP contribution in [-0.4, -0.2) is 11.3 Å². The molecule has 0 aromatic heterocycles. The molecule has 3 rings (SSSR count). The van der Waals surface area contributed by atoms with Crippen molar-refractivity contribution in [3.05, 3.63) is 65.2 Å². The number of halogens is 3. The molecule has 0 radical (unpaired) electrons. The van der Waals surface area contributed by atoms with E-state index in [9.17, 15) is 18.3 Å². The summed E-state index contributed by atoms with van der Waals surface area (Å²) in [6.07, 6.45) is -1.32. The first kappa shape index (κ1) is 13.9. The summed E-state index contributed by atoms with van der Waals surface area (Å²) >= 11 is 0. The predicted octanol–water partition coefficient (Wildman–Crippen LogP) is 4.50.